The molecule has 2 aromatic rings. The van der Waals surface area contributed by atoms with Gasteiger partial charge in [-0.15, -0.1) is 0 Å². The Morgan fingerprint density at radius 2 is 1.95 bits per heavy atom. The van der Waals surface area contributed by atoms with Crippen LogP contribution in [0, 0.1) is 5.82 Å². The summed E-state index contributed by atoms with van der Waals surface area (Å²) >= 11 is 5.99. The molecule has 6 heteroatoms. The van der Waals surface area contributed by atoms with Gasteiger partial charge in [0.05, 0.1) is 27.4 Å². The summed E-state index contributed by atoms with van der Waals surface area (Å²) in [7, 11) is -3.30. The second-order valence-electron chi connectivity index (χ2n) is 4.64. The number of benzene rings is 2. The number of nitrogens with one attached hydrogen (secondary N) is 1. The second-order valence-corrected chi connectivity index (χ2v) is 7.05. The van der Waals surface area contributed by atoms with Crippen LogP contribution in [0.15, 0.2) is 47.4 Å². The van der Waals surface area contributed by atoms with Crippen molar-refractivity contribution in [2.75, 3.05) is 11.1 Å². The molecule has 1 unspecified atom stereocenters. The summed E-state index contributed by atoms with van der Waals surface area (Å²) in [5, 5.41) is 3.37. The summed E-state index contributed by atoms with van der Waals surface area (Å²) in [4.78, 5) is 0.324. The SMILES string of the molecule is O=S1(=O)CC(Nc2cc(F)ccc2Cl)c2ccccc21. The van der Waals surface area contributed by atoms with Crippen molar-refractivity contribution < 1.29 is 12.8 Å². The highest BCUT2D eigenvalue weighted by atomic mass is 35.5. The van der Waals surface area contributed by atoms with E-state index in [4.69, 9.17) is 11.6 Å². The summed E-state index contributed by atoms with van der Waals surface area (Å²) in [6, 6.07) is 10.3. The predicted octanol–water partition coefficient (Wildman–Crippen LogP) is 3.42. The van der Waals surface area contributed by atoms with Crippen LogP contribution in [0.2, 0.25) is 5.02 Å². The molecular weight excluding hydrogens is 301 g/mol. The molecule has 2 aromatic carbocycles. The molecule has 0 bridgehead atoms. The Morgan fingerprint density at radius 3 is 2.75 bits per heavy atom. The number of rotatable bonds is 2. The van der Waals surface area contributed by atoms with Crippen LogP contribution in [-0.2, 0) is 9.84 Å². The van der Waals surface area contributed by atoms with E-state index in [2.05, 4.69) is 5.32 Å². The van der Waals surface area contributed by atoms with Crippen molar-refractivity contribution in [1.29, 1.82) is 0 Å². The summed E-state index contributed by atoms with van der Waals surface area (Å²) < 4.78 is 37.4. The number of anilines is 1. The maximum absolute atomic E-state index is 13.3. The molecule has 0 fully saturated rings. The van der Waals surface area contributed by atoms with E-state index in [0.29, 0.717) is 21.2 Å². The third-order valence-corrected chi connectivity index (χ3v) is 5.42. The third-order valence-electron chi connectivity index (χ3n) is 3.27. The van der Waals surface area contributed by atoms with Crippen molar-refractivity contribution in [2.24, 2.45) is 0 Å². The molecule has 20 heavy (non-hydrogen) atoms. The van der Waals surface area contributed by atoms with E-state index in [1.54, 1.807) is 24.3 Å². The van der Waals surface area contributed by atoms with E-state index in [9.17, 15) is 12.8 Å². The maximum Gasteiger partial charge on any atom is 0.181 e. The van der Waals surface area contributed by atoms with Gasteiger partial charge in [0, 0.05) is 0 Å². The van der Waals surface area contributed by atoms with Crippen LogP contribution in [-0.4, -0.2) is 14.2 Å². The lowest BCUT2D eigenvalue weighted by molar-refractivity contribution is 0.598. The molecule has 0 aromatic heterocycles. The highest BCUT2D eigenvalue weighted by molar-refractivity contribution is 7.91. The van der Waals surface area contributed by atoms with Crippen molar-refractivity contribution >= 4 is 27.1 Å². The molecule has 3 nitrogen and oxygen atoms in total. The summed E-state index contributed by atoms with van der Waals surface area (Å²) in [6.45, 7) is 0. The normalized spacial score (nSPS) is 19.6. The molecule has 1 N–H and O–H groups in total. The fraction of sp³-hybridized carbons (Fsp3) is 0.143. The Bertz CT molecular complexity index is 776. The summed E-state index contributed by atoms with van der Waals surface area (Å²) in [5.74, 6) is -0.481. The van der Waals surface area contributed by atoms with Crippen molar-refractivity contribution in [3.8, 4) is 0 Å². The smallest absolute Gasteiger partial charge is 0.181 e. The molecule has 3 rings (SSSR count). The van der Waals surface area contributed by atoms with Gasteiger partial charge in [-0.05, 0) is 29.8 Å². The minimum Gasteiger partial charge on any atom is -0.376 e. The first kappa shape index (κ1) is 13.4. The molecule has 0 amide bonds. The van der Waals surface area contributed by atoms with E-state index in [0.717, 1.165) is 0 Å². The van der Waals surface area contributed by atoms with E-state index in [1.165, 1.54) is 18.2 Å². The van der Waals surface area contributed by atoms with Gasteiger partial charge in [-0.2, -0.15) is 0 Å². The predicted molar refractivity (Wildman–Crippen MR) is 76.3 cm³/mol. The lowest BCUT2D eigenvalue weighted by atomic mass is 10.1. The lowest BCUT2D eigenvalue weighted by Crippen LogP contribution is -2.13. The lowest BCUT2D eigenvalue weighted by Gasteiger charge is -2.15. The monoisotopic (exact) mass is 311 g/mol. The number of hydrogen-bond donors (Lipinski definition) is 1. The fourth-order valence-electron chi connectivity index (χ4n) is 2.37. The van der Waals surface area contributed by atoms with Crippen LogP contribution in [0.4, 0.5) is 10.1 Å². The largest absolute Gasteiger partial charge is 0.376 e. The molecule has 0 saturated heterocycles. The molecule has 1 aliphatic rings. The maximum atomic E-state index is 13.3. The van der Waals surface area contributed by atoms with Crippen LogP contribution in [0.5, 0.6) is 0 Å². The number of fused-ring (bicyclic) bond motifs is 1. The first-order chi connectivity index (χ1) is 9.47. The molecule has 1 aliphatic heterocycles. The topological polar surface area (TPSA) is 46.2 Å². The Balaban J connectivity index is 2.00. The van der Waals surface area contributed by atoms with Gasteiger partial charge in [-0.1, -0.05) is 29.8 Å². The van der Waals surface area contributed by atoms with Gasteiger partial charge in [0.1, 0.15) is 5.82 Å². The number of halogens is 2. The van der Waals surface area contributed by atoms with Crippen LogP contribution in [0.1, 0.15) is 11.6 Å². The Morgan fingerprint density at radius 1 is 1.20 bits per heavy atom. The zero-order valence-corrected chi connectivity index (χ0v) is 11.9. The van der Waals surface area contributed by atoms with Crippen molar-refractivity contribution in [2.45, 2.75) is 10.9 Å². The van der Waals surface area contributed by atoms with Gasteiger partial charge >= 0.3 is 0 Å². The van der Waals surface area contributed by atoms with Gasteiger partial charge in [-0.3, -0.25) is 0 Å². The van der Waals surface area contributed by atoms with Crippen LogP contribution in [0.25, 0.3) is 0 Å². The molecule has 104 valence electrons. The van der Waals surface area contributed by atoms with Crippen molar-refractivity contribution in [3.63, 3.8) is 0 Å². The highest BCUT2D eigenvalue weighted by Crippen LogP contribution is 2.36. The van der Waals surface area contributed by atoms with Crippen LogP contribution >= 0.6 is 11.6 Å². The highest BCUT2D eigenvalue weighted by Gasteiger charge is 2.34. The van der Waals surface area contributed by atoms with Gasteiger partial charge in [-0.25, -0.2) is 12.8 Å². The molecular formula is C14H11ClFNO2S. The van der Waals surface area contributed by atoms with E-state index in [-0.39, 0.29) is 5.75 Å². The fourth-order valence-corrected chi connectivity index (χ4v) is 4.27. The van der Waals surface area contributed by atoms with Crippen LogP contribution < -0.4 is 5.32 Å². The van der Waals surface area contributed by atoms with E-state index < -0.39 is 21.7 Å². The molecule has 1 heterocycles. The molecule has 1 atom stereocenters. The first-order valence-corrected chi connectivity index (χ1v) is 8.04. The van der Waals surface area contributed by atoms with Crippen molar-refractivity contribution in [1.82, 2.24) is 0 Å². The molecule has 0 spiro atoms. The average Bonchev–Trinajstić information content (AvgIpc) is 2.66. The summed E-state index contributed by atoms with van der Waals surface area (Å²) in [5.41, 5.74) is 1.08. The Hall–Kier alpha value is -1.59. The number of sulfone groups is 1. The minimum atomic E-state index is -3.30. The van der Waals surface area contributed by atoms with Gasteiger partial charge in [0.15, 0.2) is 9.84 Å². The van der Waals surface area contributed by atoms with Gasteiger partial charge in [0.2, 0.25) is 0 Å². The Labute approximate surface area is 121 Å². The van der Waals surface area contributed by atoms with E-state index >= 15 is 0 Å². The van der Waals surface area contributed by atoms with Gasteiger partial charge < -0.3 is 5.32 Å². The molecule has 0 radical (unpaired) electrons. The first-order valence-electron chi connectivity index (χ1n) is 6.01. The molecule has 0 saturated carbocycles. The van der Waals surface area contributed by atoms with E-state index in [1.807, 2.05) is 0 Å². The zero-order valence-electron chi connectivity index (χ0n) is 10.3. The standard InChI is InChI=1S/C14H11ClFNO2S/c15-11-6-5-9(16)7-12(11)17-13-8-20(18,19)14-4-2-1-3-10(13)14/h1-7,13,17H,8H2. The second kappa shape index (κ2) is 4.75. The quantitative estimate of drug-likeness (QED) is 0.924. The number of hydrogen-bond acceptors (Lipinski definition) is 3. The third kappa shape index (κ3) is 2.27. The van der Waals surface area contributed by atoms with Gasteiger partial charge in [0.25, 0.3) is 0 Å². The minimum absolute atomic E-state index is 0.0564. The molecule has 0 aliphatic carbocycles. The summed E-state index contributed by atoms with van der Waals surface area (Å²) in [6.07, 6.45) is 0. The average molecular weight is 312 g/mol. The van der Waals surface area contributed by atoms with Crippen molar-refractivity contribution in [3.05, 3.63) is 58.9 Å². The van der Waals surface area contributed by atoms with Crippen LogP contribution in [0.3, 0.4) is 0 Å². The zero-order chi connectivity index (χ0) is 14.3. The Kier molecular flexibility index (Phi) is 3.18.